The van der Waals surface area contributed by atoms with Gasteiger partial charge in [0.15, 0.2) is 0 Å². The maximum atomic E-state index is 11.8. The number of hydrogen-bond acceptors (Lipinski definition) is 3. The first-order valence-electron chi connectivity index (χ1n) is 5.74. The lowest BCUT2D eigenvalue weighted by Crippen LogP contribution is -2.15. The van der Waals surface area contributed by atoms with Gasteiger partial charge in [0.1, 0.15) is 0 Å². The normalized spacial score (nSPS) is 10.6. The molecule has 0 saturated heterocycles. The Labute approximate surface area is 122 Å². The third kappa shape index (κ3) is 3.54. The van der Waals surface area contributed by atoms with Crippen molar-refractivity contribution in [2.75, 3.05) is 0 Å². The highest BCUT2D eigenvalue weighted by Gasteiger charge is 2.09. The molecule has 0 unspecified atom stereocenters. The number of halogens is 1. The van der Waals surface area contributed by atoms with Crippen LogP contribution in [0.2, 0.25) is 0 Å². The lowest BCUT2D eigenvalue weighted by atomic mass is 10.2. The van der Waals surface area contributed by atoms with Crippen molar-refractivity contribution in [3.63, 3.8) is 0 Å². The molecule has 100 valence electrons. The zero-order chi connectivity index (χ0) is 13.8. The van der Waals surface area contributed by atoms with Crippen molar-refractivity contribution in [3.8, 4) is 11.3 Å². The summed E-state index contributed by atoms with van der Waals surface area (Å²) in [5, 5.41) is 10.5. The number of hydrogen-bond donors (Lipinski definition) is 1. The van der Waals surface area contributed by atoms with Crippen LogP contribution in [0, 0.1) is 0 Å². The Morgan fingerprint density at radius 1 is 1.42 bits per heavy atom. The average molecular weight is 342 g/mol. The second kappa shape index (κ2) is 6.16. The van der Waals surface area contributed by atoms with Gasteiger partial charge in [-0.2, -0.15) is 0 Å². The molecule has 0 saturated carbocycles. The molecular weight excluding hydrogens is 330 g/mol. The fourth-order valence-electron chi connectivity index (χ4n) is 1.80. The van der Waals surface area contributed by atoms with E-state index in [1.165, 1.54) is 0 Å². The minimum Gasteiger partial charge on any atom is -0.481 e. The summed E-state index contributed by atoms with van der Waals surface area (Å²) in [6.07, 6.45) is 0.521. The number of carboxylic acids is 1. The summed E-state index contributed by atoms with van der Waals surface area (Å²) in [6.45, 7) is 0.427. The summed E-state index contributed by atoms with van der Waals surface area (Å²) >= 11 is 4.54. The highest BCUT2D eigenvalue weighted by Crippen LogP contribution is 2.23. The van der Waals surface area contributed by atoms with Crippen molar-refractivity contribution < 1.29 is 9.90 Å². The number of thiazole rings is 1. The number of carbonyl (C=O) groups is 1. The SMILES string of the molecule is O=C(O)CCCn1c(-c2cccc(Br)c2)csc1=O. The van der Waals surface area contributed by atoms with Crippen LogP contribution in [0.4, 0.5) is 0 Å². The minimum atomic E-state index is -0.840. The van der Waals surface area contributed by atoms with E-state index in [0.29, 0.717) is 13.0 Å². The zero-order valence-electron chi connectivity index (χ0n) is 10.0. The van der Waals surface area contributed by atoms with E-state index in [9.17, 15) is 9.59 Å². The smallest absolute Gasteiger partial charge is 0.307 e. The maximum Gasteiger partial charge on any atom is 0.307 e. The van der Waals surface area contributed by atoms with Crippen LogP contribution < -0.4 is 4.87 Å². The fourth-order valence-corrected chi connectivity index (χ4v) is 3.00. The van der Waals surface area contributed by atoms with Crippen LogP contribution in [0.1, 0.15) is 12.8 Å². The topological polar surface area (TPSA) is 59.3 Å². The molecule has 19 heavy (non-hydrogen) atoms. The van der Waals surface area contributed by atoms with Crippen molar-refractivity contribution in [1.29, 1.82) is 0 Å². The van der Waals surface area contributed by atoms with Gasteiger partial charge in [0, 0.05) is 28.4 Å². The highest BCUT2D eigenvalue weighted by molar-refractivity contribution is 9.10. The Balaban J connectivity index is 2.27. The van der Waals surface area contributed by atoms with E-state index in [1.807, 2.05) is 29.6 Å². The molecule has 0 amide bonds. The molecule has 4 nitrogen and oxygen atoms in total. The monoisotopic (exact) mass is 341 g/mol. The molecule has 0 aliphatic rings. The zero-order valence-corrected chi connectivity index (χ0v) is 12.4. The van der Waals surface area contributed by atoms with E-state index >= 15 is 0 Å². The molecular formula is C13H12BrNO3S. The van der Waals surface area contributed by atoms with Crippen LogP contribution in [0.5, 0.6) is 0 Å². The van der Waals surface area contributed by atoms with Gasteiger partial charge in [0.05, 0.1) is 5.69 Å². The molecule has 1 heterocycles. The van der Waals surface area contributed by atoms with Gasteiger partial charge in [-0.3, -0.25) is 14.2 Å². The molecule has 6 heteroatoms. The van der Waals surface area contributed by atoms with Crippen LogP contribution >= 0.6 is 27.3 Å². The number of benzene rings is 1. The van der Waals surface area contributed by atoms with Gasteiger partial charge in [-0.05, 0) is 18.6 Å². The molecule has 0 aliphatic carbocycles. The van der Waals surface area contributed by atoms with Crippen LogP contribution in [0.15, 0.2) is 38.9 Å². The summed E-state index contributed by atoms with van der Waals surface area (Å²) in [5.74, 6) is -0.840. The highest BCUT2D eigenvalue weighted by atomic mass is 79.9. The lowest BCUT2D eigenvalue weighted by molar-refractivity contribution is -0.137. The van der Waals surface area contributed by atoms with Crippen LogP contribution in [-0.4, -0.2) is 15.6 Å². The predicted molar refractivity (Wildman–Crippen MR) is 78.6 cm³/mol. The first kappa shape index (κ1) is 14.0. The molecule has 0 bridgehead atoms. The Hall–Kier alpha value is -1.40. The van der Waals surface area contributed by atoms with Gasteiger partial charge in [-0.15, -0.1) is 0 Å². The first-order valence-corrected chi connectivity index (χ1v) is 7.41. The van der Waals surface area contributed by atoms with Gasteiger partial charge in [-0.1, -0.05) is 39.4 Å². The molecule has 1 aromatic carbocycles. The number of carboxylic acid groups (broad SMARTS) is 1. The molecule has 0 fully saturated rings. The molecule has 0 atom stereocenters. The molecule has 1 aromatic heterocycles. The molecule has 0 aliphatic heterocycles. The van der Waals surface area contributed by atoms with Gasteiger partial charge in [0.2, 0.25) is 0 Å². The Kier molecular flexibility index (Phi) is 4.55. The summed E-state index contributed by atoms with van der Waals surface area (Å²) in [5.41, 5.74) is 1.78. The number of nitrogens with zero attached hydrogens (tertiary/aromatic N) is 1. The van der Waals surface area contributed by atoms with Crippen LogP contribution in [0.3, 0.4) is 0 Å². The number of aliphatic carboxylic acids is 1. The minimum absolute atomic E-state index is 0.0552. The fraction of sp³-hybridized carbons (Fsp3) is 0.231. The Bertz CT molecular complexity index is 647. The largest absolute Gasteiger partial charge is 0.481 e. The van der Waals surface area contributed by atoms with E-state index in [-0.39, 0.29) is 11.3 Å². The van der Waals surface area contributed by atoms with Gasteiger partial charge < -0.3 is 5.11 Å². The first-order chi connectivity index (χ1) is 9.08. The van der Waals surface area contributed by atoms with E-state index in [4.69, 9.17) is 5.11 Å². The van der Waals surface area contributed by atoms with Crippen molar-refractivity contribution in [2.24, 2.45) is 0 Å². The van der Waals surface area contributed by atoms with Crippen LogP contribution in [-0.2, 0) is 11.3 Å². The quantitative estimate of drug-likeness (QED) is 0.908. The van der Waals surface area contributed by atoms with Crippen molar-refractivity contribution in [3.05, 3.63) is 43.8 Å². The average Bonchev–Trinajstić information content (AvgIpc) is 2.71. The van der Waals surface area contributed by atoms with Crippen molar-refractivity contribution in [2.45, 2.75) is 19.4 Å². The van der Waals surface area contributed by atoms with E-state index in [0.717, 1.165) is 27.1 Å². The second-order valence-electron chi connectivity index (χ2n) is 4.05. The second-order valence-corrected chi connectivity index (χ2v) is 5.78. The van der Waals surface area contributed by atoms with Crippen molar-refractivity contribution >= 4 is 33.2 Å². The molecule has 0 radical (unpaired) electrons. The van der Waals surface area contributed by atoms with Crippen molar-refractivity contribution in [1.82, 2.24) is 4.57 Å². The van der Waals surface area contributed by atoms with Crippen LogP contribution in [0.25, 0.3) is 11.3 Å². The van der Waals surface area contributed by atoms with Gasteiger partial charge >= 0.3 is 10.8 Å². The third-order valence-corrected chi connectivity index (χ3v) is 3.93. The van der Waals surface area contributed by atoms with Gasteiger partial charge in [0.25, 0.3) is 0 Å². The number of rotatable bonds is 5. The number of aromatic nitrogens is 1. The molecule has 0 spiro atoms. The summed E-state index contributed by atoms with van der Waals surface area (Å²) < 4.78 is 2.58. The lowest BCUT2D eigenvalue weighted by Gasteiger charge is -2.07. The summed E-state index contributed by atoms with van der Waals surface area (Å²) in [4.78, 5) is 22.3. The Morgan fingerprint density at radius 2 is 2.21 bits per heavy atom. The van der Waals surface area contributed by atoms with E-state index in [2.05, 4.69) is 15.9 Å². The van der Waals surface area contributed by atoms with Gasteiger partial charge in [-0.25, -0.2) is 0 Å². The van der Waals surface area contributed by atoms with E-state index in [1.54, 1.807) is 4.57 Å². The predicted octanol–water partition coefficient (Wildman–Crippen LogP) is 3.20. The molecule has 2 aromatic rings. The maximum absolute atomic E-state index is 11.8. The van der Waals surface area contributed by atoms with E-state index < -0.39 is 5.97 Å². The summed E-state index contributed by atoms with van der Waals surface area (Å²) in [7, 11) is 0. The third-order valence-electron chi connectivity index (χ3n) is 2.68. The Morgan fingerprint density at radius 3 is 2.89 bits per heavy atom. The standard InChI is InChI=1S/C13H12BrNO3S/c14-10-4-1-3-9(7-10)11-8-19-13(18)15(11)6-2-5-12(16)17/h1,3-4,7-8H,2,5-6H2,(H,16,17). The molecule has 2 rings (SSSR count). The molecule has 1 N–H and O–H groups in total. The summed E-state index contributed by atoms with van der Waals surface area (Å²) in [6, 6.07) is 7.70.